The van der Waals surface area contributed by atoms with Crippen molar-refractivity contribution in [2.75, 3.05) is 12.4 Å². The molecule has 3 nitrogen and oxygen atoms in total. The first-order valence-electron chi connectivity index (χ1n) is 4.92. The number of rotatable bonds is 3. The van der Waals surface area contributed by atoms with Crippen LogP contribution in [0.2, 0.25) is 0 Å². The highest BCUT2D eigenvalue weighted by Crippen LogP contribution is 2.29. The third kappa shape index (κ3) is 2.94. The van der Waals surface area contributed by atoms with Crippen molar-refractivity contribution in [1.82, 2.24) is 4.98 Å². The Labute approximate surface area is 107 Å². The Morgan fingerprint density at radius 2 is 2.12 bits per heavy atom. The standard InChI is InChI=1S/C12H10BrFN2O/c1-17-10-6-5-8(13)7-9(10)15-12-4-2-3-11(14)16-12/h2-7H,1H3,(H,15,16). The van der Waals surface area contributed by atoms with E-state index in [4.69, 9.17) is 4.74 Å². The predicted molar refractivity (Wildman–Crippen MR) is 68.2 cm³/mol. The van der Waals surface area contributed by atoms with Crippen LogP contribution in [-0.2, 0) is 0 Å². The number of pyridine rings is 1. The number of nitrogens with zero attached hydrogens (tertiary/aromatic N) is 1. The Balaban J connectivity index is 2.32. The highest BCUT2D eigenvalue weighted by molar-refractivity contribution is 9.10. The fourth-order valence-corrected chi connectivity index (χ4v) is 1.75. The van der Waals surface area contributed by atoms with E-state index in [1.807, 2.05) is 18.2 Å². The van der Waals surface area contributed by atoms with Gasteiger partial charge in [0.25, 0.3) is 0 Å². The average molecular weight is 297 g/mol. The average Bonchev–Trinajstić information content (AvgIpc) is 2.29. The topological polar surface area (TPSA) is 34.1 Å². The summed E-state index contributed by atoms with van der Waals surface area (Å²) >= 11 is 3.36. The predicted octanol–water partition coefficient (Wildman–Crippen LogP) is 3.74. The van der Waals surface area contributed by atoms with Crippen LogP contribution in [0.5, 0.6) is 5.75 Å². The molecule has 2 aromatic rings. The van der Waals surface area contributed by atoms with Gasteiger partial charge in [-0.2, -0.15) is 4.39 Å². The molecule has 0 saturated heterocycles. The van der Waals surface area contributed by atoms with Crippen molar-refractivity contribution in [3.05, 3.63) is 46.8 Å². The third-order valence-electron chi connectivity index (χ3n) is 2.14. The van der Waals surface area contributed by atoms with Crippen LogP contribution in [0.1, 0.15) is 0 Å². The smallest absolute Gasteiger partial charge is 0.214 e. The maximum atomic E-state index is 12.9. The van der Waals surface area contributed by atoms with Crippen LogP contribution in [0, 0.1) is 5.95 Å². The van der Waals surface area contributed by atoms with Gasteiger partial charge in [0.2, 0.25) is 5.95 Å². The Hall–Kier alpha value is -1.62. The summed E-state index contributed by atoms with van der Waals surface area (Å²) < 4.78 is 19.0. The molecule has 17 heavy (non-hydrogen) atoms. The van der Waals surface area contributed by atoms with Gasteiger partial charge in [0.15, 0.2) is 0 Å². The van der Waals surface area contributed by atoms with Crippen molar-refractivity contribution in [3.8, 4) is 5.75 Å². The molecule has 1 aromatic heterocycles. The molecule has 0 saturated carbocycles. The molecule has 0 unspecified atom stereocenters. The monoisotopic (exact) mass is 296 g/mol. The van der Waals surface area contributed by atoms with E-state index in [0.29, 0.717) is 11.6 Å². The Morgan fingerprint density at radius 1 is 1.29 bits per heavy atom. The van der Waals surface area contributed by atoms with Gasteiger partial charge in [-0.25, -0.2) is 4.98 Å². The van der Waals surface area contributed by atoms with Crippen LogP contribution < -0.4 is 10.1 Å². The summed E-state index contributed by atoms with van der Waals surface area (Å²) in [5, 5.41) is 3.00. The largest absolute Gasteiger partial charge is 0.495 e. The number of aromatic nitrogens is 1. The van der Waals surface area contributed by atoms with E-state index in [1.54, 1.807) is 19.2 Å². The van der Waals surface area contributed by atoms with Crippen molar-refractivity contribution >= 4 is 27.4 Å². The van der Waals surface area contributed by atoms with Crippen molar-refractivity contribution in [2.24, 2.45) is 0 Å². The van der Waals surface area contributed by atoms with E-state index in [1.165, 1.54) is 6.07 Å². The second kappa shape index (κ2) is 5.14. The number of nitrogens with one attached hydrogen (secondary N) is 1. The van der Waals surface area contributed by atoms with E-state index < -0.39 is 5.95 Å². The first-order valence-corrected chi connectivity index (χ1v) is 5.71. The van der Waals surface area contributed by atoms with E-state index in [9.17, 15) is 4.39 Å². The highest BCUT2D eigenvalue weighted by atomic mass is 79.9. The summed E-state index contributed by atoms with van der Waals surface area (Å²) in [7, 11) is 1.58. The Morgan fingerprint density at radius 3 is 2.82 bits per heavy atom. The summed E-state index contributed by atoms with van der Waals surface area (Å²) in [6, 6.07) is 10.1. The van der Waals surface area contributed by atoms with Gasteiger partial charge in [-0.05, 0) is 30.3 Å². The maximum absolute atomic E-state index is 12.9. The molecule has 0 amide bonds. The van der Waals surface area contributed by atoms with Crippen LogP contribution in [0.15, 0.2) is 40.9 Å². The molecule has 0 aliphatic rings. The summed E-state index contributed by atoms with van der Waals surface area (Å²) in [4.78, 5) is 3.72. The molecule has 2 rings (SSSR count). The molecule has 5 heteroatoms. The Kier molecular flexibility index (Phi) is 3.58. The van der Waals surface area contributed by atoms with Gasteiger partial charge in [0.05, 0.1) is 12.8 Å². The minimum Gasteiger partial charge on any atom is -0.495 e. The minimum absolute atomic E-state index is 0.432. The van der Waals surface area contributed by atoms with Gasteiger partial charge in [-0.1, -0.05) is 22.0 Å². The Bertz CT molecular complexity index is 534. The summed E-state index contributed by atoms with van der Waals surface area (Å²) in [5.74, 6) is 0.574. The molecule has 1 aromatic carbocycles. The van der Waals surface area contributed by atoms with Gasteiger partial charge >= 0.3 is 0 Å². The lowest BCUT2D eigenvalue weighted by Gasteiger charge is -2.10. The highest BCUT2D eigenvalue weighted by Gasteiger charge is 2.05. The van der Waals surface area contributed by atoms with Crippen LogP contribution in [0.4, 0.5) is 15.9 Å². The number of anilines is 2. The fraction of sp³-hybridized carbons (Fsp3) is 0.0833. The first-order chi connectivity index (χ1) is 8.19. The quantitative estimate of drug-likeness (QED) is 0.876. The number of hydrogen-bond acceptors (Lipinski definition) is 3. The normalized spacial score (nSPS) is 10.1. The minimum atomic E-state index is -0.524. The van der Waals surface area contributed by atoms with Crippen molar-refractivity contribution < 1.29 is 9.13 Å². The zero-order chi connectivity index (χ0) is 12.3. The first kappa shape index (κ1) is 11.9. The zero-order valence-electron chi connectivity index (χ0n) is 9.08. The van der Waals surface area contributed by atoms with Crippen molar-refractivity contribution in [2.45, 2.75) is 0 Å². The molecule has 0 radical (unpaired) electrons. The number of halogens is 2. The van der Waals surface area contributed by atoms with E-state index in [0.717, 1.165) is 10.2 Å². The molecule has 1 N–H and O–H groups in total. The van der Waals surface area contributed by atoms with Crippen molar-refractivity contribution in [3.63, 3.8) is 0 Å². The third-order valence-corrected chi connectivity index (χ3v) is 2.63. The van der Waals surface area contributed by atoms with Crippen LogP contribution in [-0.4, -0.2) is 12.1 Å². The molecule has 0 aliphatic heterocycles. The molecular formula is C12H10BrFN2O. The summed E-state index contributed by atoms with van der Waals surface area (Å²) in [5.41, 5.74) is 0.722. The van der Waals surface area contributed by atoms with Crippen molar-refractivity contribution in [1.29, 1.82) is 0 Å². The molecule has 0 spiro atoms. The van der Waals surface area contributed by atoms with Gasteiger partial charge in [0, 0.05) is 4.47 Å². The van der Waals surface area contributed by atoms with Gasteiger partial charge in [-0.3, -0.25) is 0 Å². The lowest BCUT2D eigenvalue weighted by atomic mass is 10.3. The molecule has 0 aliphatic carbocycles. The lowest BCUT2D eigenvalue weighted by Crippen LogP contribution is -1.97. The molecular weight excluding hydrogens is 287 g/mol. The molecule has 1 heterocycles. The second-order valence-electron chi connectivity index (χ2n) is 3.32. The maximum Gasteiger partial charge on any atom is 0.214 e. The number of hydrogen-bond donors (Lipinski definition) is 1. The second-order valence-corrected chi connectivity index (χ2v) is 4.23. The van der Waals surface area contributed by atoms with Crippen LogP contribution >= 0.6 is 15.9 Å². The number of methoxy groups -OCH3 is 1. The number of benzene rings is 1. The van der Waals surface area contributed by atoms with E-state index >= 15 is 0 Å². The summed E-state index contributed by atoms with van der Waals surface area (Å²) in [6.07, 6.45) is 0. The molecule has 0 fully saturated rings. The zero-order valence-corrected chi connectivity index (χ0v) is 10.7. The van der Waals surface area contributed by atoms with Gasteiger partial charge in [0.1, 0.15) is 11.6 Å². The van der Waals surface area contributed by atoms with E-state index in [-0.39, 0.29) is 0 Å². The number of ether oxygens (including phenoxy) is 1. The van der Waals surface area contributed by atoms with Crippen LogP contribution in [0.25, 0.3) is 0 Å². The van der Waals surface area contributed by atoms with Crippen LogP contribution in [0.3, 0.4) is 0 Å². The van der Waals surface area contributed by atoms with Gasteiger partial charge < -0.3 is 10.1 Å². The molecule has 0 bridgehead atoms. The van der Waals surface area contributed by atoms with E-state index in [2.05, 4.69) is 26.2 Å². The molecule has 0 atom stereocenters. The molecule has 88 valence electrons. The van der Waals surface area contributed by atoms with Gasteiger partial charge in [-0.15, -0.1) is 0 Å². The fourth-order valence-electron chi connectivity index (χ4n) is 1.39. The summed E-state index contributed by atoms with van der Waals surface area (Å²) in [6.45, 7) is 0. The SMILES string of the molecule is COc1ccc(Br)cc1Nc1cccc(F)n1. The lowest BCUT2D eigenvalue weighted by molar-refractivity contribution is 0.416.